The van der Waals surface area contributed by atoms with Gasteiger partial charge in [0.05, 0.1) is 23.9 Å². The van der Waals surface area contributed by atoms with Crippen LogP contribution in [0.3, 0.4) is 0 Å². The van der Waals surface area contributed by atoms with Crippen molar-refractivity contribution < 1.29 is 14.4 Å². The van der Waals surface area contributed by atoms with Gasteiger partial charge in [0.1, 0.15) is 0 Å². The van der Waals surface area contributed by atoms with Crippen LogP contribution in [0.4, 0.5) is 0 Å². The van der Waals surface area contributed by atoms with Crippen molar-refractivity contribution in [2.45, 2.75) is 12.0 Å². The largest absolute Gasteiger partial charge is 0.387 e. The standard InChI is InChI=1S/C15H21N5O3/c1-18(2)9-15(22)4-5-20(10-15)14(21)12-6-13(23-17-12)11-7-16-19(3)8-11/h6-8,22H,4-5,9-10H2,1-3H3/t15-/m0/s1. The van der Waals surface area contributed by atoms with E-state index in [-0.39, 0.29) is 11.6 Å². The molecule has 124 valence electrons. The van der Waals surface area contributed by atoms with Gasteiger partial charge in [-0.05, 0) is 20.5 Å². The van der Waals surface area contributed by atoms with Crippen molar-refractivity contribution in [1.82, 2.24) is 24.7 Å². The number of hydrogen-bond donors (Lipinski definition) is 1. The van der Waals surface area contributed by atoms with Gasteiger partial charge in [-0.2, -0.15) is 5.10 Å². The molecule has 0 saturated carbocycles. The molecule has 1 aliphatic rings. The average Bonchev–Trinajstić information content (AvgIpc) is 3.16. The number of aromatic nitrogens is 3. The molecule has 1 aliphatic heterocycles. The van der Waals surface area contributed by atoms with E-state index in [1.807, 2.05) is 26.0 Å². The quantitative estimate of drug-likeness (QED) is 0.867. The Morgan fingerprint density at radius 2 is 2.30 bits per heavy atom. The minimum absolute atomic E-state index is 0.224. The molecule has 1 fully saturated rings. The van der Waals surface area contributed by atoms with E-state index >= 15 is 0 Å². The molecule has 2 aromatic rings. The molecule has 1 saturated heterocycles. The molecule has 23 heavy (non-hydrogen) atoms. The molecule has 0 radical (unpaired) electrons. The lowest BCUT2D eigenvalue weighted by molar-refractivity contribution is 0.0234. The van der Waals surface area contributed by atoms with E-state index in [1.54, 1.807) is 28.0 Å². The maximum atomic E-state index is 12.5. The van der Waals surface area contributed by atoms with Gasteiger partial charge in [0.2, 0.25) is 0 Å². The molecule has 0 bridgehead atoms. The summed E-state index contributed by atoms with van der Waals surface area (Å²) in [6.45, 7) is 1.34. The van der Waals surface area contributed by atoms with Crippen molar-refractivity contribution >= 4 is 5.91 Å². The number of carbonyl (C=O) groups is 1. The molecular weight excluding hydrogens is 298 g/mol. The summed E-state index contributed by atoms with van der Waals surface area (Å²) in [4.78, 5) is 16.1. The lowest BCUT2D eigenvalue weighted by atomic mass is 10.0. The van der Waals surface area contributed by atoms with Gasteiger partial charge >= 0.3 is 0 Å². The maximum Gasteiger partial charge on any atom is 0.276 e. The smallest absolute Gasteiger partial charge is 0.276 e. The van der Waals surface area contributed by atoms with E-state index in [9.17, 15) is 9.90 Å². The summed E-state index contributed by atoms with van der Waals surface area (Å²) in [7, 11) is 5.61. The molecule has 8 nitrogen and oxygen atoms in total. The molecule has 3 heterocycles. The molecule has 0 aromatic carbocycles. The van der Waals surface area contributed by atoms with Gasteiger partial charge in [0.25, 0.3) is 5.91 Å². The molecule has 1 N–H and O–H groups in total. The lowest BCUT2D eigenvalue weighted by Gasteiger charge is -2.26. The zero-order valence-corrected chi connectivity index (χ0v) is 13.6. The van der Waals surface area contributed by atoms with Crippen molar-refractivity contribution in [1.29, 1.82) is 0 Å². The topological polar surface area (TPSA) is 87.6 Å². The Labute approximate surface area is 134 Å². The second-order valence-electron chi connectivity index (χ2n) is 6.42. The molecule has 8 heteroatoms. The molecular formula is C15H21N5O3. The summed E-state index contributed by atoms with van der Waals surface area (Å²) < 4.78 is 6.89. The van der Waals surface area contributed by atoms with E-state index in [2.05, 4.69) is 10.3 Å². The second-order valence-corrected chi connectivity index (χ2v) is 6.42. The summed E-state index contributed by atoms with van der Waals surface area (Å²) >= 11 is 0. The van der Waals surface area contributed by atoms with Crippen LogP contribution in [-0.4, -0.2) is 75.1 Å². The Hall–Kier alpha value is -2.19. The van der Waals surface area contributed by atoms with Crippen LogP contribution < -0.4 is 0 Å². The number of amides is 1. The maximum absolute atomic E-state index is 12.5. The number of likely N-dealkylation sites (N-methyl/N-ethyl adjacent to an activating group) is 1. The first-order valence-electron chi connectivity index (χ1n) is 7.48. The van der Waals surface area contributed by atoms with Crippen LogP contribution in [-0.2, 0) is 7.05 Å². The molecule has 2 aromatic heterocycles. The summed E-state index contributed by atoms with van der Waals surface area (Å²) in [6.07, 6.45) is 4.01. The van der Waals surface area contributed by atoms with Crippen molar-refractivity contribution in [3.63, 3.8) is 0 Å². The molecule has 0 aliphatic carbocycles. The summed E-state index contributed by atoms with van der Waals surface area (Å²) in [5.41, 5.74) is 0.150. The zero-order valence-electron chi connectivity index (χ0n) is 13.6. The van der Waals surface area contributed by atoms with Crippen LogP contribution in [0.15, 0.2) is 23.0 Å². The minimum Gasteiger partial charge on any atom is -0.387 e. The van der Waals surface area contributed by atoms with Crippen LogP contribution in [0.1, 0.15) is 16.9 Å². The number of aliphatic hydroxyl groups is 1. The number of likely N-dealkylation sites (tertiary alicyclic amines) is 1. The van der Waals surface area contributed by atoms with Gasteiger partial charge < -0.3 is 19.4 Å². The monoisotopic (exact) mass is 319 g/mol. The van der Waals surface area contributed by atoms with Crippen molar-refractivity contribution in [2.24, 2.45) is 7.05 Å². The first-order valence-corrected chi connectivity index (χ1v) is 7.48. The Morgan fingerprint density at radius 3 is 2.96 bits per heavy atom. The lowest BCUT2D eigenvalue weighted by Crippen LogP contribution is -2.43. The van der Waals surface area contributed by atoms with Crippen LogP contribution >= 0.6 is 0 Å². The highest BCUT2D eigenvalue weighted by Gasteiger charge is 2.39. The van der Waals surface area contributed by atoms with E-state index in [0.29, 0.717) is 31.8 Å². The van der Waals surface area contributed by atoms with Gasteiger partial charge in [-0.3, -0.25) is 9.48 Å². The van der Waals surface area contributed by atoms with Gasteiger partial charge in [0, 0.05) is 32.4 Å². The van der Waals surface area contributed by atoms with Crippen molar-refractivity contribution in [2.75, 3.05) is 33.7 Å². The van der Waals surface area contributed by atoms with Crippen molar-refractivity contribution in [3.05, 3.63) is 24.2 Å². The van der Waals surface area contributed by atoms with E-state index in [4.69, 9.17) is 4.52 Å². The normalized spacial score (nSPS) is 21.3. The fourth-order valence-corrected chi connectivity index (χ4v) is 2.97. The van der Waals surface area contributed by atoms with Gasteiger partial charge in [-0.15, -0.1) is 0 Å². The molecule has 0 unspecified atom stereocenters. The molecule has 1 atom stereocenters. The Bertz CT molecular complexity index is 708. The van der Waals surface area contributed by atoms with Crippen LogP contribution in [0.2, 0.25) is 0 Å². The fourth-order valence-electron chi connectivity index (χ4n) is 2.97. The molecule has 0 spiro atoms. The second kappa shape index (κ2) is 5.78. The highest BCUT2D eigenvalue weighted by molar-refractivity contribution is 5.93. The predicted octanol–water partition coefficient (Wildman–Crippen LogP) is 0.214. The van der Waals surface area contributed by atoms with Gasteiger partial charge in [-0.25, -0.2) is 0 Å². The van der Waals surface area contributed by atoms with Crippen LogP contribution in [0.25, 0.3) is 11.3 Å². The van der Waals surface area contributed by atoms with E-state index in [1.165, 1.54) is 0 Å². The number of β-amino-alcohol motifs (C(OH)–C–C–N with tert-alkyl or cyclic N) is 1. The summed E-state index contributed by atoms with van der Waals surface area (Å²) in [6, 6.07) is 1.61. The molecule has 3 rings (SSSR count). The van der Waals surface area contributed by atoms with Crippen molar-refractivity contribution in [3.8, 4) is 11.3 Å². The first-order chi connectivity index (χ1) is 10.9. The van der Waals surface area contributed by atoms with Crippen LogP contribution in [0, 0.1) is 0 Å². The van der Waals surface area contributed by atoms with E-state index < -0.39 is 5.60 Å². The number of hydrogen-bond acceptors (Lipinski definition) is 6. The first kappa shape index (κ1) is 15.7. The molecule has 1 amide bonds. The highest BCUT2D eigenvalue weighted by Crippen LogP contribution is 2.25. The van der Waals surface area contributed by atoms with Crippen LogP contribution in [0.5, 0.6) is 0 Å². The number of carbonyl (C=O) groups excluding carboxylic acids is 1. The summed E-state index contributed by atoms with van der Waals surface area (Å²) in [5.74, 6) is 0.280. The predicted molar refractivity (Wildman–Crippen MR) is 82.7 cm³/mol. The minimum atomic E-state index is -0.866. The SMILES string of the molecule is CN(C)C[C@@]1(O)CCN(C(=O)c2cc(-c3cnn(C)c3)on2)C1. The Morgan fingerprint density at radius 1 is 1.52 bits per heavy atom. The van der Waals surface area contributed by atoms with Gasteiger partial charge in [-0.1, -0.05) is 5.16 Å². The van der Waals surface area contributed by atoms with Gasteiger partial charge in [0.15, 0.2) is 11.5 Å². The highest BCUT2D eigenvalue weighted by atomic mass is 16.5. The third kappa shape index (κ3) is 3.27. The summed E-state index contributed by atoms with van der Waals surface area (Å²) in [5, 5.41) is 18.5. The number of rotatable bonds is 4. The number of nitrogens with zero attached hydrogens (tertiary/aromatic N) is 5. The average molecular weight is 319 g/mol. The third-order valence-corrected chi connectivity index (χ3v) is 3.95. The Kier molecular flexibility index (Phi) is 3.95. The zero-order chi connectivity index (χ0) is 16.6. The fraction of sp³-hybridized carbons (Fsp3) is 0.533. The number of aryl methyl sites for hydroxylation is 1. The third-order valence-electron chi connectivity index (χ3n) is 3.95. The van der Waals surface area contributed by atoms with E-state index in [0.717, 1.165) is 5.56 Å². The Balaban J connectivity index is 1.71.